The molecule has 1 amide bonds. The fourth-order valence-corrected chi connectivity index (χ4v) is 5.79. The molecule has 0 saturated carbocycles. The molecule has 0 bridgehead atoms. The number of rotatable bonds is 10. The van der Waals surface area contributed by atoms with Gasteiger partial charge in [0.1, 0.15) is 0 Å². The molecule has 3 aromatic carbocycles. The number of aryl methyl sites for hydroxylation is 3. The number of hydrazone groups is 1. The van der Waals surface area contributed by atoms with Gasteiger partial charge in [0, 0.05) is 24.2 Å². The summed E-state index contributed by atoms with van der Waals surface area (Å²) in [5, 5.41) is 14.8. The highest BCUT2D eigenvalue weighted by molar-refractivity contribution is 7.89. The van der Waals surface area contributed by atoms with Gasteiger partial charge < -0.3 is 0 Å². The molecule has 0 aromatic heterocycles. The summed E-state index contributed by atoms with van der Waals surface area (Å²) in [6.07, 6.45) is 1.69. The van der Waals surface area contributed by atoms with Crippen LogP contribution < -0.4 is 5.43 Å². The number of nitrogens with zero attached hydrogens (tertiary/aromatic N) is 3. The number of non-ortho nitro benzene ring substituents is 1. The Balaban J connectivity index is 1.81. The molecule has 9 nitrogen and oxygen atoms in total. The first-order valence-corrected chi connectivity index (χ1v) is 12.7. The smallest absolute Gasteiger partial charge is 0.270 e. The summed E-state index contributed by atoms with van der Waals surface area (Å²) in [6.45, 7) is 5.04. The first kappa shape index (κ1) is 26.7. The number of nitrogens with one attached hydrogen (secondary N) is 1. The number of carbonyl (C=O) groups is 1. The van der Waals surface area contributed by atoms with Crippen LogP contribution in [0.4, 0.5) is 5.69 Å². The normalized spacial score (nSPS) is 11.7. The maximum atomic E-state index is 13.7. The molecule has 0 saturated heterocycles. The standard InChI is InChI=1S/C26H28N4O5S/c1-19-14-20(2)26(21(3)15-19)36(34,35)29(13-12-22-8-5-4-6-9-22)18-25(31)28-27-17-23-10-7-11-24(16-23)30(32)33/h4-11,14-17H,12-13,18H2,1-3H3,(H,28,31)/b27-17+. The van der Waals surface area contributed by atoms with E-state index in [0.717, 1.165) is 15.4 Å². The Bertz CT molecular complexity index is 1370. The van der Waals surface area contributed by atoms with Gasteiger partial charge in [-0.25, -0.2) is 13.8 Å². The Labute approximate surface area is 210 Å². The van der Waals surface area contributed by atoms with Gasteiger partial charge in [-0.2, -0.15) is 9.41 Å². The molecule has 0 radical (unpaired) electrons. The SMILES string of the molecule is Cc1cc(C)c(S(=O)(=O)N(CCc2ccccc2)CC(=O)N/N=C/c2cccc([N+](=O)[O-])c2)c(C)c1. The lowest BCUT2D eigenvalue weighted by Gasteiger charge is -2.24. The molecular weight excluding hydrogens is 480 g/mol. The monoisotopic (exact) mass is 508 g/mol. The lowest BCUT2D eigenvalue weighted by atomic mass is 10.1. The minimum absolute atomic E-state index is 0.0983. The van der Waals surface area contributed by atoms with E-state index in [0.29, 0.717) is 23.1 Å². The zero-order valence-corrected chi connectivity index (χ0v) is 21.2. The summed E-state index contributed by atoms with van der Waals surface area (Å²) in [4.78, 5) is 23.3. The van der Waals surface area contributed by atoms with Gasteiger partial charge in [0.05, 0.1) is 22.6 Å². The van der Waals surface area contributed by atoms with Crippen molar-refractivity contribution in [2.24, 2.45) is 5.10 Å². The summed E-state index contributed by atoms with van der Waals surface area (Å²) >= 11 is 0. The van der Waals surface area contributed by atoms with Crippen LogP contribution >= 0.6 is 0 Å². The first-order valence-electron chi connectivity index (χ1n) is 11.3. The maximum Gasteiger partial charge on any atom is 0.270 e. The molecule has 3 rings (SSSR count). The van der Waals surface area contributed by atoms with Gasteiger partial charge in [0.25, 0.3) is 11.6 Å². The molecule has 0 fully saturated rings. The largest absolute Gasteiger partial charge is 0.272 e. The fourth-order valence-electron chi connectivity index (χ4n) is 3.98. The molecule has 0 aliphatic heterocycles. The number of sulfonamides is 1. The Morgan fingerprint density at radius 3 is 2.33 bits per heavy atom. The Kier molecular flexibility index (Phi) is 8.68. The third-order valence-corrected chi connectivity index (χ3v) is 7.65. The summed E-state index contributed by atoms with van der Waals surface area (Å²) in [5.41, 5.74) is 5.76. The number of carbonyl (C=O) groups excluding carboxylic acids is 1. The van der Waals surface area contributed by atoms with Crippen LogP contribution in [0.25, 0.3) is 0 Å². The van der Waals surface area contributed by atoms with Gasteiger partial charge in [0.2, 0.25) is 10.0 Å². The fraction of sp³-hybridized carbons (Fsp3) is 0.231. The second-order valence-electron chi connectivity index (χ2n) is 8.45. The van der Waals surface area contributed by atoms with Gasteiger partial charge >= 0.3 is 0 Å². The van der Waals surface area contributed by atoms with Crippen LogP contribution in [0.15, 0.2) is 76.7 Å². The van der Waals surface area contributed by atoms with Crippen LogP contribution in [0.2, 0.25) is 0 Å². The molecule has 188 valence electrons. The molecule has 0 aliphatic rings. The van der Waals surface area contributed by atoms with E-state index in [-0.39, 0.29) is 17.1 Å². The molecule has 0 aliphatic carbocycles. The van der Waals surface area contributed by atoms with Gasteiger partial charge in [-0.1, -0.05) is 60.2 Å². The molecule has 1 N–H and O–H groups in total. The summed E-state index contributed by atoms with van der Waals surface area (Å²) < 4.78 is 28.5. The number of nitro groups is 1. The van der Waals surface area contributed by atoms with Gasteiger partial charge in [-0.3, -0.25) is 14.9 Å². The molecule has 0 spiro atoms. The molecule has 0 atom stereocenters. The summed E-state index contributed by atoms with van der Waals surface area (Å²) in [7, 11) is -3.99. The van der Waals surface area contributed by atoms with E-state index < -0.39 is 27.4 Å². The van der Waals surface area contributed by atoms with Crippen molar-refractivity contribution in [3.05, 3.63) is 105 Å². The molecule has 3 aromatic rings. The number of hydrogen-bond donors (Lipinski definition) is 1. The predicted molar refractivity (Wildman–Crippen MR) is 138 cm³/mol. The zero-order valence-electron chi connectivity index (χ0n) is 20.3. The van der Waals surface area contributed by atoms with Crippen LogP contribution in [0.5, 0.6) is 0 Å². The van der Waals surface area contributed by atoms with Crippen molar-refractivity contribution in [3.8, 4) is 0 Å². The van der Waals surface area contributed by atoms with Crippen molar-refractivity contribution in [1.29, 1.82) is 0 Å². The predicted octanol–water partition coefficient (Wildman–Crippen LogP) is 3.90. The summed E-state index contributed by atoms with van der Waals surface area (Å²) in [5.74, 6) is -0.629. The molecule has 0 unspecified atom stereocenters. The average molecular weight is 509 g/mol. The molecule has 0 heterocycles. The van der Waals surface area contributed by atoms with Crippen LogP contribution in [0.1, 0.15) is 27.8 Å². The number of amides is 1. The van der Waals surface area contributed by atoms with Crippen LogP contribution in [0.3, 0.4) is 0 Å². The van der Waals surface area contributed by atoms with Crippen molar-refractivity contribution in [1.82, 2.24) is 9.73 Å². The van der Waals surface area contributed by atoms with Crippen molar-refractivity contribution in [2.45, 2.75) is 32.1 Å². The number of benzene rings is 3. The lowest BCUT2D eigenvalue weighted by molar-refractivity contribution is -0.384. The lowest BCUT2D eigenvalue weighted by Crippen LogP contribution is -2.41. The quantitative estimate of drug-likeness (QED) is 0.253. The van der Waals surface area contributed by atoms with E-state index in [4.69, 9.17) is 0 Å². The Morgan fingerprint density at radius 2 is 1.69 bits per heavy atom. The third kappa shape index (κ3) is 6.83. The topological polar surface area (TPSA) is 122 Å². The first-order chi connectivity index (χ1) is 17.1. The van der Waals surface area contributed by atoms with Gasteiger partial charge in [-0.05, 0) is 43.9 Å². The molecule has 36 heavy (non-hydrogen) atoms. The van der Waals surface area contributed by atoms with Crippen molar-refractivity contribution in [3.63, 3.8) is 0 Å². The maximum absolute atomic E-state index is 13.7. The van der Waals surface area contributed by atoms with Crippen LogP contribution in [-0.2, 0) is 21.2 Å². The summed E-state index contributed by atoms with van der Waals surface area (Å²) in [6, 6.07) is 18.8. The zero-order chi connectivity index (χ0) is 26.3. The number of hydrogen-bond acceptors (Lipinski definition) is 6. The highest BCUT2D eigenvalue weighted by Crippen LogP contribution is 2.25. The van der Waals surface area contributed by atoms with Gasteiger partial charge in [0.15, 0.2) is 0 Å². The van der Waals surface area contributed by atoms with E-state index in [1.807, 2.05) is 37.3 Å². The van der Waals surface area contributed by atoms with Crippen LogP contribution in [-0.4, -0.2) is 42.9 Å². The van der Waals surface area contributed by atoms with Crippen LogP contribution in [0, 0.1) is 30.9 Å². The minimum Gasteiger partial charge on any atom is -0.272 e. The van der Waals surface area contributed by atoms with Crippen molar-refractivity contribution < 1.29 is 18.1 Å². The molecular formula is C26H28N4O5S. The highest BCUT2D eigenvalue weighted by Gasteiger charge is 2.29. The minimum atomic E-state index is -3.99. The Hall–Kier alpha value is -3.89. The van der Waals surface area contributed by atoms with E-state index in [1.165, 1.54) is 24.4 Å². The van der Waals surface area contributed by atoms with E-state index in [1.54, 1.807) is 32.0 Å². The average Bonchev–Trinajstić information content (AvgIpc) is 2.81. The third-order valence-electron chi connectivity index (χ3n) is 5.50. The van der Waals surface area contributed by atoms with Crippen molar-refractivity contribution >= 4 is 27.8 Å². The van der Waals surface area contributed by atoms with E-state index >= 15 is 0 Å². The molecule has 10 heteroatoms. The Morgan fingerprint density at radius 1 is 1.03 bits per heavy atom. The second kappa shape index (κ2) is 11.7. The second-order valence-corrected chi connectivity index (χ2v) is 10.3. The number of nitro benzene ring substituents is 1. The van der Waals surface area contributed by atoms with Crippen molar-refractivity contribution in [2.75, 3.05) is 13.1 Å². The van der Waals surface area contributed by atoms with E-state index in [9.17, 15) is 23.3 Å². The highest BCUT2D eigenvalue weighted by atomic mass is 32.2. The van der Waals surface area contributed by atoms with Gasteiger partial charge in [-0.15, -0.1) is 0 Å². The van der Waals surface area contributed by atoms with E-state index in [2.05, 4.69) is 10.5 Å².